The van der Waals surface area contributed by atoms with Crippen molar-refractivity contribution < 1.29 is 9.90 Å². The molecule has 2 aromatic rings. The largest absolute Gasteiger partial charge is 0.480 e. The van der Waals surface area contributed by atoms with Gasteiger partial charge in [0.1, 0.15) is 6.04 Å². The molecule has 0 radical (unpaired) electrons. The number of fused-ring (bicyclic) bond motifs is 1. The monoisotopic (exact) mass is 273 g/mol. The Hall–Kier alpha value is -1.65. The van der Waals surface area contributed by atoms with Crippen LogP contribution in [0.5, 0.6) is 0 Å². The van der Waals surface area contributed by atoms with Crippen LogP contribution in [-0.2, 0) is 17.8 Å². The second-order valence-corrected chi connectivity index (χ2v) is 5.57. The molecule has 3 rings (SSSR count). The molecule has 0 bridgehead atoms. The average molecular weight is 273 g/mol. The van der Waals surface area contributed by atoms with Gasteiger partial charge in [-0.3, -0.25) is 9.69 Å². The van der Waals surface area contributed by atoms with Crippen LogP contribution in [0.4, 0.5) is 0 Å². The first-order valence-corrected chi connectivity index (χ1v) is 7.26. The van der Waals surface area contributed by atoms with Crippen molar-refractivity contribution in [2.75, 3.05) is 6.54 Å². The fourth-order valence-corrected chi connectivity index (χ4v) is 3.36. The molecular weight excluding hydrogens is 258 g/mol. The molecule has 0 saturated carbocycles. The first-order chi connectivity index (χ1) is 9.25. The van der Waals surface area contributed by atoms with Crippen LogP contribution in [0.15, 0.2) is 41.1 Å². The quantitative estimate of drug-likeness (QED) is 0.934. The summed E-state index contributed by atoms with van der Waals surface area (Å²) in [7, 11) is 0. The van der Waals surface area contributed by atoms with Gasteiger partial charge in [0.2, 0.25) is 0 Å². The summed E-state index contributed by atoms with van der Waals surface area (Å²) >= 11 is 1.54. The number of carbonyl (C=O) groups is 1. The van der Waals surface area contributed by atoms with Gasteiger partial charge in [0.05, 0.1) is 0 Å². The lowest BCUT2D eigenvalue weighted by atomic mass is 9.97. The van der Waals surface area contributed by atoms with E-state index in [0.717, 1.165) is 18.5 Å². The summed E-state index contributed by atoms with van der Waals surface area (Å²) in [6, 6.07) is 9.66. The van der Waals surface area contributed by atoms with E-state index in [2.05, 4.69) is 12.1 Å². The molecule has 0 fully saturated rings. The van der Waals surface area contributed by atoms with E-state index in [9.17, 15) is 9.90 Å². The fourth-order valence-electron chi connectivity index (χ4n) is 2.68. The Morgan fingerprint density at radius 3 is 2.74 bits per heavy atom. The van der Waals surface area contributed by atoms with Crippen molar-refractivity contribution in [2.45, 2.75) is 19.0 Å². The van der Waals surface area contributed by atoms with Crippen LogP contribution in [-0.4, -0.2) is 22.5 Å². The Kier molecular flexibility index (Phi) is 3.36. The highest BCUT2D eigenvalue weighted by atomic mass is 32.1. The molecule has 0 saturated heterocycles. The lowest BCUT2D eigenvalue weighted by molar-refractivity contribution is -0.144. The second-order valence-electron chi connectivity index (χ2n) is 4.79. The smallest absolute Gasteiger partial charge is 0.325 e. The number of carboxylic acids is 1. The summed E-state index contributed by atoms with van der Waals surface area (Å²) in [5.41, 5.74) is 3.47. The summed E-state index contributed by atoms with van der Waals surface area (Å²) in [6.45, 7) is 1.51. The Balaban J connectivity index is 1.88. The van der Waals surface area contributed by atoms with E-state index in [-0.39, 0.29) is 0 Å². The zero-order valence-electron chi connectivity index (χ0n) is 10.5. The predicted octanol–water partition coefficient (Wildman–Crippen LogP) is 2.93. The molecule has 2 heterocycles. The molecule has 4 heteroatoms. The van der Waals surface area contributed by atoms with Crippen molar-refractivity contribution in [3.63, 3.8) is 0 Å². The molecule has 1 atom stereocenters. The van der Waals surface area contributed by atoms with Gasteiger partial charge in [-0.25, -0.2) is 0 Å². The van der Waals surface area contributed by atoms with Gasteiger partial charge in [-0.15, -0.1) is 0 Å². The van der Waals surface area contributed by atoms with Crippen LogP contribution in [0.1, 0.15) is 22.7 Å². The van der Waals surface area contributed by atoms with Crippen LogP contribution in [0, 0.1) is 0 Å². The van der Waals surface area contributed by atoms with Crippen molar-refractivity contribution in [1.82, 2.24) is 4.90 Å². The van der Waals surface area contributed by atoms with Crippen molar-refractivity contribution in [3.8, 4) is 0 Å². The van der Waals surface area contributed by atoms with Crippen molar-refractivity contribution in [1.29, 1.82) is 0 Å². The number of hydrogen-bond acceptors (Lipinski definition) is 3. The van der Waals surface area contributed by atoms with Gasteiger partial charge in [-0.05, 0) is 39.9 Å². The molecule has 1 unspecified atom stereocenters. The van der Waals surface area contributed by atoms with E-state index < -0.39 is 12.0 Å². The minimum absolute atomic E-state index is 0.528. The van der Waals surface area contributed by atoms with Crippen LogP contribution >= 0.6 is 11.3 Å². The Labute approximate surface area is 116 Å². The first kappa shape index (κ1) is 12.4. The van der Waals surface area contributed by atoms with E-state index in [0.29, 0.717) is 6.54 Å². The number of thiophene rings is 1. The molecule has 1 aliphatic heterocycles. The first-order valence-electron chi connectivity index (χ1n) is 6.31. The molecule has 1 aromatic carbocycles. The maximum atomic E-state index is 11.6. The van der Waals surface area contributed by atoms with E-state index in [1.807, 2.05) is 33.9 Å². The molecule has 0 aliphatic carbocycles. The number of rotatable bonds is 3. The number of benzene rings is 1. The van der Waals surface area contributed by atoms with Gasteiger partial charge in [-0.2, -0.15) is 11.3 Å². The van der Waals surface area contributed by atoms with Gasteiger partial charge in [0, 0.05) is 13.1 Å². The lowest BCUT2D eigenvalue weighted by Crippen LogP contribution is -2.37. The van der Waals surface area contributed by atoms with Crippen LogP contribution < -0.4 is 0 Å². The topological polar surface area (TPSA) is 40.5 Å². The summed E-state index contributed by atoms with van der Waals surface area (Å²) in [5, 5.41) is 13.4. The fraction of sp³-hybridized carbons (Fsp3) is 0.267. The average Bonchev–Trinajstić information content (AvgIpc) is 2.92. The van der Waals surface area contributed by atoms with Crippen molar-refractivity contribution >= 4 is 17.3 Å². The number of hydrogen-bond donors (Lipinski definition) is 1. The molecule has 1 N–H and O–H groups in total. The van der Waals surface area contributed by atoms with E-state index in [1.165, 1.54) is 11.1 Å². The minimum atomic E-state index is -0.766. The third-order valence-corrected chi connectivity index (χ3v) is 4.32. The maximum absolute atomic E-state index is 11.6. The number of carboxylic acid groups (broad SMARTS) is 1. The maximum Gasteiger partial charge on any atom is 0.325 e. The van der Waals surface area contributed by atoms with E-state index in [4.69, 9.17) is 0 Å². The zero-order chi connectivity index (χ0) is 13.2. The SMILES string of the molecule is O=C(O)C(c1ccsc1)N1CCc2ccccc2C1. The van der Waals surface area contributed by atoms with Crippen LogP contribution in [0.3, 0.4) is 0 Å². The summed E-state index contributed by atoms with van der Waals surface area (Å²) in [5.74, 6) is -0.766. The van der Waals surface area contributed by atoms with Gasteiger partial charge in [0.25, 0.3) is 0 Å². The molecule has 1 aliphatic rings. The summed E-state index contributed by atoms with van der Waals surface area (Å²) < 4.78 is 0. The van der Waals surface area contributed by atoms with Gasteiger partial charge >= 0.3 is 5.97 Å². The second kappa shape index (κ2) is 5.15. The van der Waals surface area contributed by atoms with Gasteiger partial charge in [-0.1, -0.05) is 24.3 Å². The van der Waals surface area contributed by atoms with Gasteiger partial charge in [0.15, 0.2) is 0 Å². The van der Waals surface area contributed by atoms with Crippen LogP contribution in [0.2, 0.25) is 0 Å². The lowest BCUT2D eigenvalue weighted by Gasteiger charge is -2.33. The molecule has 1 aromatic heterocycles. The highest BCUT2D eigenvalue weighted by Crippen LogP contribution is 2.29. The standard InChI is InChI=1S/C15H15NO2S/c17-15(18)14(13-6-8-19-10-13)16-7-5-11-3-1-2-4-12(11)9-16/h1-4,6,8,10,14H,5,7,9H2,(H,17,18). The van der Waals surface area contributed by atoms with Gasteiger partial charge < -0.3 is 5.11 Å². The van der Waals surface area contributed by atoms with Crippen molar-refractivity contribution in [3.05, 3.63) is 57.8 Å². The third-order valence-electron chi connectivity index (χ3n) is 3.62. The molecule has 0 amide bonds. The predicted molar refractivity (Wildman–Crippen MR) is 75.3 cm³/mol. The molecule has 19 heavy (non-hydrogen) atoms. The summed E-state index contributed by atoms with van der Waals surface area (Å²) in [6.07, 6.45) is 0.921. The molecule has 3 nitrogen and oxygen atoms in total. The minimum Gasteiger partial charge on any atom is -0.480 e. The van der Waals surface area contributed by atoms with E-state index >= 15 is 0 Å². The molecular formula is C15H15NO2S. The molecule has 0 spiro atoms. The van der Waals surface area contributed by atoms with E-state index in [1.54, 1.807) is 11.3 Å². The highest BCUT2D eigenvalue weighted by Gasteiger charge is 2.30. The third kappa shape index (κ3) is 2.41. The number of nitrogens with zero attached hydrogens (tertiary/aromatic N) is 1. The normalized spacial score (nSPS) is 16.8. The van der Waals surface area contributed by atoms with Crippen LogP contribution in [0.25, 0.3) is 0 Å². The Morgan fingerprint density at radius 1 is 1.26 bits per heavy atom. The number of aliphatic carboxylic acids is 1. The van der Waals surface area contributed by atoms with Crippen molar-refractivity contribution in [2.24, 2.45) is 0 Å². The highest BCUT2D eigenvalue weighted by molar-refractivity contribution is 7.08. The summed E-state index contributed by atoms with van der Waals surface area (Å²) in [4.78, 5) is 13.6. The molecule has 98 valence electrons. The Bertz CT molecular complexity index is 580. The Morgan fingerprint density at radius 2 is 2.05 bits per heavy atom. The zero-order valence-corrected chi connectivity index (χ0v) is 11.3.